The highest BCUT2D eigenvalue weighted by atomic mass is 19.1. The maximum Gasteiger partial charge on any atom is 0.262 e. The molecule has 1 aliphatic rings. The highest BCUT2D eigenvalue weighted by Crippen LogP contribution is 2.35. The van der Waals surface area contributed by atoms with Crippen LogP contribution < -0.4 is 30.2 Å². The molecule has 2 heterocycles. The molecule has 0 saturated carbocycles. The number of carbonyl (C=O) groups is 2. The predicted molar refractivity (Wildman–Crippen MR) is 201 cm³/mol. The first-order valence-electron chi connectivity index (χ1n) is 18.0. The van der Waals surface area contributed by atoms with Crippen LogP contribution in [0, 0.1) is 19.7 Å². The normalized spacial score (nSPS) is 12.9. The Bertz CT molecular complexity index is 1810. The third-order valence-electron chi connectivity index (χ3n) is 8.88. The zero-order chi connectivity index (χ0) is 36.9. The van der Waals surface area contributed by atoms with Crippen LogP contribution in [0.25, 0.3) is 0 Å². The summed E-state index contributed by atoms with van der Waals surface area (Å²) in [5.41, 5.74) is 3.81. The Labute approximate surface area is 305 Å². The first-order chi connectivity index (χ1) is 25.2. The molecule has 0 unspecified atom stereocenters. The molecule has 5 rings (SSSR count). The lowest BCUT2D eigenvalue weighted by Crippen LogP contribution is -2.31. The number of benzene rings is 3. The summed E-state index contributed by atoms with van der Waals surface area (Å²) in [6.45, 7) is 10.1. The van der Waals surface area contributed by atoms with Gasteiger partial charge in [0.15, 0.2) is 23.1 Å². The van der Waals surface area contributed by atoms with E-state index < -0.39 is 11.7 Å². The average Bonchev–Trinajstić information content (AvgIpc) is 3.14. The van der Waals surface area contributed by atoms with Gasteiger partial charge in [0.05, 0.1) is 13.7 Å². The molecule has 1 aromatic heterocycles. The van der Waals surface area contributed by atoms with Crippen molar-refractivity contribution >= 4 is 29.1 Å². The first-order valence-corrected chi connectivity index (χ1v) is 18.0. The molecule has 1 aliphatic heterocycles. The number of methoxy groups -OCH3 is 1. The molecule has 3 N–H and O–H groups in total. The molecule has 0 spiro atoms. The van der Waals surface area contributed by atoms with E-state index in [0.717, 1.165) is 49.2 Å². The number of hydrogen-bond donors (Lipinski definition) is 3. The summed E-state index contributed by atoms with van der Waals surface area (Å²) >= 11 is 0. The van der Waals surface area contributed by atoms with Crippen molar-refractivity contribution < 1.29 is 28.2 Å². The molecule has 1 saturated heterocycles. The van der Waals surface area contributed by atoms with Gasteiger partial charge in [0.1, 0.15) is 5.56 Å². The Balaban J connectivity index is 1.33. The number of nitrogens with one attached hydrogen (secondary N) is 3. The molecule has 0 bridgehead atoms. The Kier molecular flexibility index (Phi) is 13.8. The number of hydrogen-bond acceptors (Lipinski definition) is 9. The second-order valence-corrected chi connectivity index (χ2v) is 12.9. The molecule has 0 aliphatic carbocycles. The van der Waals surface area contributed by atoms with Gasteiger partial charge in [-0.2, -0.15) is 4.98 Å². The van der Waals surface area contributed by atoms with Crippen LogP contribution in [0.1, 0.15) is 72.5 Å². The maximum atomic E-state index is 15.1. The number of carbonyl (C=O) groups excluding carboxylic acids is 2. The Hall–Kier alpha value is -5.23. The molecular formula is C40H49FN6O5. The number of para-hydroxylation sites is 1. The van der Waals surface area contributed by atoms with Gasteiger partial charge in [-0.3, -0.25) is 9.59 Å². The lowest BCUT2D eigenvalue weighted by Gasteiger charge is -2.26. The van der Waals surface area contributed by atoms with E-state index in [0.29, 0.717) is 48.9 Å². The molecule has 1 fully saturated rings. The smallest absolute Gasteiger partial charge is 0.262 e. The van der Waals surface area contributed by atoms with E-state index in [1.165, 1.54) is 38.6 Å². The Morgan fingerprint density at radius 2 is 1.73 bits per heavy atom. The average molecular weight is 713 g/mol. The van der Waals surface area contributed by atoms with E-state index in [1.807, 2.05) is 45.0 Å². The number of rotatable bonds is 17. The van der Waals surface area contributed by atoms with Gasteiger partial charge in [0.25, 0.3) is 5.91 Å². The monoisotopic (exact) mass is 712 g/mol. The number of piperidine rings is 1. The van der Waals surface area contributed by atoms with Crippen molar-refractivity contribution in [2.24, 2.45) is 0 Å². The highest BCUT2D eigenvalue weighted by Gasteiger charge is 2.21. The van der Waals surface area contributed by atoms with Crippen LogP contribution in [0.4, 0.5) is 21.7 Å². The lowest BCUT2D eigenvalue weighted by atomic mass is 10.1. The number of likely N-dealkylation sites (tertiary alicyclic amines) is 1. The van der Waals surface area contributed by atoms with Crippen LogP contribution in [-0.4, -0.2) is 66.6 Å². The number of aryl methyl sites for hydroxylation is 3. The topological polar surface area (TPSA) is 127 Å². The van der Waals surface area contributed by atoms with Gasteiger partial charge in [-0.1, -0.05) is 37.6 Å². The van der Waals surface area contributed by atoms with E-state index in [1.54, 1.807) is 24.3 Å². The minimum absolute atomic E-state index is 0.0213. The van der Waals surface area contributed by atoms with Crippen molar-refractivity contribution in [2.75, 3.05) is 50.5 Å². The van der Waals surface area contributed by atoms with Crippen LogP contribution in [-0.2, 0) is 11.2 Å². The number of halogens is 1. The minimum atomic E-state index is -0.517. The summed E-state index contributed by atoms with van der Waals surface area (Å²) in [5, 5.41) is 8.87. The predicted octanol–water partition coefficient (Wildman–Crippen LogP) is 7.74. The lowest BCUT2D eigenvalue weighted by molar-refractivity contribution is -0.121. The van der Waals surface area contributed by atoms with Crippen LogP contribution in [0.15, 0.2) is 60.8 Å². The zero-order valence-corrected chi connectivity index (χ0v) is 30.5. The number of anilines is 3. The Morgan fingerprint density at radius 1 is 0.962 bits per heavy atom. The van der Waals surface area contributed by atoms with E-state index in [4.69, 9.17) is 14.2 Å². The Morgan fingerprint density at radius 3 is 2.46 bits per heavy atom. The summed E-state index contributed by atoms with van der Waals surface area (Å²) in [6.07, 6.45) is 7.64. The molecule has 2 amide bonds. The molecule has 12 heteroatoms. The molecule has 4 aromatic rings. The summed E-state index contributed by atoms with van der Waals surface area (Å²) in [7, 11) is 1.51. The fourth-order valence-corrected chi connectivity index (χ4v) is 6.00. The fraction of sp³-hybridized carbons (Fsp3) is 0.400. The van der Waals surface area contributed by atoms with Crippen molar-refractivity contribution in [3.05, 3.63) is 88.9 Å². The first kappa shape index (κ1) is 38.0. The molecule has 0 radical (unpaired) electrons. The summed E-state index contributed by atoms with van der Waals surface area (Å²) in [4.78, 5) is 37.2. The number of nitrogens with zero attached hydrogens (tertiary/aromatic N) is 3. The van der Waals surface area contributed by atoms with Crippen LogP contribution in [0.2, 0.25) is 0 Å². The van der Waals surface area contributed by atoms with Gasteiger partial charge in [-0.15, -0.1) is 0 Å². The maximum absolute atomic E-state index is 15.1. The summed E-state index contributed by atoms with van der Waals surface area (Å²) in [6, 6.07) is 15.6. The van der Waals surface area contributed by atoms with E-state index in [9.17, 15) is 9.59 Å². The highest BCUT2D eigenvalue weighted by molar-refractivity contribution is 6.06. The number of aromatic nitrogens is 2. The van der Waals surface area contributed by atoms with Gasteiger partial charge in [-0.25, -0.2) is 9.37 Å². The van der Waals surface area contributed by atoms with Gasteiger partial charge in [-0.05, 0) is 100.0 Å². The van der Waals surface area contributed by atoms with Gasteiger partial charge in [0, 0.05) is 43.1 Å². The van der Waals surface area contributed by atoms with Gasteiger partial charge in [0.2, 0.25) is 17.7 Å². The molecular weight excluding hydrogens is 663 g/mol. The fourth-order valence-electron chi connectivity index (χ4n) is 6.00. The molecule has 11 nitrogen and oxygen atoms in total. The van der Waals surface area contributed by atoms with Crippen molar-refractivity contribution in [3.8, 4) is 23.1 Å². The summed E-state index contributed by atoms with van der Waals surface area (Å²) in [5.74, 6) is -0.0919. The molecule has 3 aromatic carbocycles. The van der Waals surface area contributed by atoms with Crippen molar-refractivity contribution in [3.63, 3.8) is 0 Å². The standard InChI is InChI=1S/C40H49FN6O5/c1-5-19-42-36(48)18-14-29-13-16-34(35(24-29)50-4)52-39-31(38(49)45-37-27(2)11-9-12-28(37)3)26-43-40(46-39)44-30-15-17-33(32(41)25-30)51-23-10-22-47-20-7-6-8-21-47/h9,11-13,15-17,24-26H,5-8,10,14,18-23H2,1-4H3,(H,42,48)(H,45,49)(H,43,44,46). The van der Waals surface area contributed by atoms with Crippen LogP contribution in [0.5, 0.6) is 23.1 Å². The van der Waals surface area contributed by atoms with Crippen molar-refractivity contribution in [2.45, 2.75) is 65.7 Å². The van der Waals surface area contributed by atoms with Crippen molar-refractivity contribution in [1.29, 1.82) is 0 Å². The largest absolute Gasteiger partial charge is 0.493 e. The van der Waals surface area contributed by atoms with E-state index in [-0.39, 0.29) is 29.0 Å². The van der Waals surface area contributed by atoms with Crippen molar-refractivity contribution in [1.82, 2.24) is 20.2 Å². The quantitative estimate of drug-likeness (QED) is 0.0943. The van der Waals surface area contributed by atoms with E-state index >= 15 is 4.39 Å². The summed E-state index contributed by atoms with van der Waals surface area (Å²) < 4.78 is 32.7. The minimum Gasteiger partial charge on any atom is -0.493 e. The van der Waals surface area contributed by atoms with Crippen LogP contribution in [0.3, 0.4) is 0 Å². The second-order valence-electron chi connectivity index (χ2n) is 12.9. The molecule has 0 atom stereocenters. The van der Waals surface area contributed by atoms with Gasteiger partial charge >= 0.3 is 0 Å². The SMILES string of the molecule is CCCNC(=O)CCc1ccc(Oc2nc(Nc3ccc(OCCCN4CCCCC4)c(F)c3)ncc2C(=O)Nc2c(C)cccc2C)c(OC)c1. The number of amides is 2. The molecule has 52 heavy (non-hydrogen) atoms. The van der Waals surface area contributed by atoms with Gasteiger partial charge < -0.3 is 35.1 Å². The zero-order valence-electron chi connectivity index (χ0n) is 30.5. The third-order valence-corrected chi connectivity index (χ3v) is 8.88. The molecule has 276 valence electrons. The third kappa shape index (κ3) is 10.6. The van der Waals surface area contributed by atoms with E-state index in [2.05, 4.69) is 30.8 Å². The second kappa shape index (κ2) is 18.8. The number of ether oxygens (including phenoxy) is 3. The van der Waals surface area contributed by atoms with Crippen LogP contribution >= 0.6 is 0 Å².